The Morgan fingerprint density at radius 3 is 2.17 bits per heavy atom. The van der Waals surface area contributed by atoms with E-state index >= 15 is 0 Å². The number of imidazole rings is 1. The third kappa shape index (κ3) is 9.79. The predicted octanol–water partition coefficient (Wildman–Crippen LogP) is 7.43. The predicted molar refractivity (Wildman–Crippen MR) is 183 cm³/mol. The second-order valence-corrected chi connectivity index (χ2v) is 12.3. The van der Waals surface area contributed by atoms with Crippen LogP contribution in [0.1, 0.15) is 74.0 Å². The standard InChI is InChI=1S/C35H39Cl2N5O5/c36-33-34(37)42(22-39-33)20-27-19-30(24-13-11-23(21-43)12-14-24)47-35(46-27)25-15-17-26(18-16-25)40-31(44)9-3-1-2-4-10-32(45)41-29-8-6-5-7-28(29)38/h5-8,11-18,22,27,30,35,43H,1-4,9-10,19-21,38H2,(H,40,44)(H,41,45). The first kappa shape index (κ1) is 34.4. The molecule has 0 aliphatic carbocycles. The number of rotatable bonds is 14. The average molecular weight is 681 g/mol. The molecule has 3 aromatic carbocycles. The van der Waals surface area contributed by atoms with Gasteiger partial charge >= 0.3 is 0 Å². The van der Waals surface area contributed by atoms with E-state index in [4.69, 9.17) is 38.4 Å². The topological polar surface area (TPSA) is 141 Å². The van der Waals surface area contributed by atoms with Crippen molar-refractivity contribution in [3.05, 3.63) is 106 Å². The Bertz CT molecular complexity index is 1630. The zero-order valence-electron chi connectivity index (χ0n) is 25.9. The number of amides is 2. The van der Waals surface area contributed by atoms with Crippen molar-refractivity contribution in [3.63, 3.8) is 0 Å². The second kappa shape index (κ2) is 16.8. The van der Waals surface area contributed by atoms with Crippen molar-refractivity contribution < 1.29 is 24.2 Å². The van der Waals surface area contributed by atoms with Gasteiger partial charge in [-0.2, -0.15) is 0 Å². The molecule has 3 unspecified atom stereocenters. The van der Waals surface area contributed by atoms with Gasteiger partial charge in [0.15, 0.2) is 11.4 Å². The summed E-state index contributed by atoms with van der Waals surface area (Å²) >= 11 is 12.4. The molecule has 10 nitrogen and oxygen atoms in total. The van der Waals surface area contributed by atoms with Gasteiger partial charge in [0, 0.05) is 30.5 Å². The molecule has 12 heteroatoms. The highest BCUT2D eigenvalue weighted by molar-refractivity contribution is 6.40. The van der Waals surface area contributed by atoms with Crippen molar-refractivity contribution in [2.75, 3.05) is 16.4 Å². The summed E-state index contributed by atoms with van der Waals surface area (Å²) in [5.74, 6) is -0.133. The van der Waals surface area contributed by atoms with E-state index in [1.165, 1.54) is 0 Å². The van der Waals surface area contributed by atoms with Gasteiger partial charge in [-0.05, 0) is 48.2 Å². The van der Waals surface area contributed by atoms with Gasteiger partial charge in [0.05, 0.1) is 43.1 Å². The van der Waals surface area contributed by atoms with E-state index in [2.05, 4.69) is 15.6 Å². The van der Waals surface area contributed by atoms with Crippen molar-refractivity contribution >= 4 is 52.1 Å². The minimum absolute atomic E-state index is 0.0326. The molecule has 1 fully saturated rings. The zero-order valence-corrected chi connectivity index (χ0v) is 27.4. The average Bonchev–Trinajstić information content (AvgIpc) is 3.39. The number of anilines is 3. The highest BCUT2D eigenvalue weighted by Crippen LogP contribution is 2.39. The summed E-state index contributed by atoms with van der Waals surface area (Å²) in [4.78, 5) is 28.8. The minimum atomic E-state index is -0.661. The Hall–Kier alpha value is -3.93. The molecule has 248 valence electrons. The number of halogens is 2. The number of aliphatic hydroxyl groups is 1. The summed E-state index contributed by atoms with van der Waals surface area (Å²) in [6.45, 7) is 0.406. The monoisotopic (exact) mass is 679 g/mol. The number of unbranched alkanes of at least 4 members (excludes halogenated alkanes) is 3. The van der Waals surface area contributed by atoms with E-state index in [0.29, 0.717) is 48.0 Å². The lowest BCUT2D eigenvalue weighted by molar-refractivity contribution is -0.252. The Labute approximate surface area is 284 Å². The van der Waals surface area contributed by atoms with Crippen LogP contribution in [0.5, 0.6) is 0 Å². The van der Waals surface area contributed by atoms with Crippen molar-refractivity contribution in [3.8, 4) is 0 Å². The lowest BCUT2D eigenvalue weighted by atomic mass is 10.00. The summed E-state index contributed by atoms with van der Waals surface area (Å²) in [6, 6.07) is 22.3. The van der Waals surface area contributed by atoms with Crippen molar-refractivity contribution in [2.45, 2.75) is 76.6 Å². The van der Waals surface area contributed by atoms with Gasteiger partial charge < -0.3 is 35.5 Å². The van der Waals surface area contributed by atoms with Crippen LogP contribution >= 0.6 is 23.2 Å². The number of para-hydroxylation sites is 2. The first-order chi connectivity index (χ1) is 22.8. The molecule has 0 saturated carbocycles. The number of hydrogen-bond acceptors (Lipinski definition) is 7. The number of nitrogens with two attached hydrogens (primary N) is 1. The maximum Gasteiger partial charge on any atom is 0.224 e. The van der Waals surface area contributed by atoms with Gasteiger partial charge in [0.1, 0.15) is 5.15 Å². The van der Waals surface area contributed by atoms with Crippen molar-refractivity contribution in [2.24, 2.45) is 0 Å². The fourth-order valence-corrected chi connectivity index (χ4v) is 5.73. The number of carbonyl (C=O) groups excluding carboxylic acids is 2. The first-order valence-electron chi connectivity index (χ1n) is 15.7. The van der Waals surface area contributed by atoms with Crippen LogP contribution in [0.25, 0.3) is 0 Å². The van der Waals surface area contributed by atoms with Gasteiger partial charge in [0.2, 0.25) is 11.8 Å². The summed E-state index contributed by atoms with van der Waals surface area (Å²) < 4.78 is 14.5. The smallest absolute Gasteiger partial charge is 0.224 e. The fraction of sp³-hybridized carbons (Fsp3) is 0.343. The summed E-state index contributed by atoms with van der Waals surface area (Å²) in [5, 5.41) is 15.8. The van der Waals surface area contributed by atoms with Crippen LogP contribution in [-0.4, -0.2) is 32.6 Å². The third-order valence-electron chi connectivity index (χ3n) is 8.01. The van der Waals surface area contributed by atoms with Crippen LogP contribution in [0, 0.1) is 0 Å². The molecule has 1 aromatic heterocycles. The SMILES string of the molecule is Nc1ccccc1NC(=O)CCCCCCC(=O)Nc1ccc(C2OC(Cn3cnc(Cl)c3Cl)CC(c3ccc(CO)cc3)O2)cc1. The van der Waals surface area contributed by atoms with E-state index in [9.17, 15) is 14.7 Å². The van der Waals surface area contributed by atoms with Crippen molar-refractivity contribution in [1.82, 2.24) is 9.55 Å². The van der Waals surface area contributed by atoms with Crippen molar-refractivity contribution in [1.29, 1.82) is 0 Å². The van der Waals surface area contributed by atoms with E-state index in [1.54, 1.807) is 23.0 Å². The van der Waals surface area contributed by atoms with Crippen LogP contribution in [0.4, 0.5) is 17.1 Å². The number of benzene rings is 3. The Morgan fingerprint density at radius 2 is 1.53 bits per heavy atom. The van der Waals surface area contributed by atoms with Gasteiger partial charge in [-0.1, -0.05) is 84.6 Å². The molecule has 2 heterocycles. The molecule has 0 spiro atoms. The van der Waals surface area contributed by atoms with Crippen LogP contribution in [-0.2, 0) is 32.2 Å². The Kier molecular flexibility index (Phi) is 12.3. The number of carbonyl (C=O) groups is 2. The summed E-state index contributed by atoms with van der Waals surface area (Å²) in [6.07, 6.45) is 4.96. The lowest BCUT2D eigenvalue weighted by Gasteiger charge is -2.36. The van der Waals surface area contributed by atoms with E-state index in [-0.39, 0.29) is 35.8 Å². The maximum absolute atomic E-state index is 12.6. The number of ether oxygens (including phenoxy) is 2. The number of nitrogen functional groups attached to an aromatic ring is 1. The zero-order chi connectivity index (χ0) is 33.2. The van der Waals surface area contributed by atoms with Gasteiger partial charge in [-0.15, -0.1) is 0 Å². The second-order valence-electron chi connectivity index (χ2n) is 11.5. The number of nitrogens with zero attached hydrogens (tertiary/aromatic N) is 2. The molecule has 1 aliphatic heterocycles. The first-order valence-corrected chi connectivity index (χ1v) is 16.5. The number of hydrogen-bond donors (Lipinski definition) is 4. The van der Waals surface area contributed by atoms with Crippen LogP contribution in [0.3, 0.4) is 0 Å². The summed E-state index contributed by atoms with van der Waals surface area (Å²) in [7, 11) is 0. The van der Waals surface area contributed by atoms with Gasteiger partial charge in [-0.25, -0.2) is 4.98 Å². The molecule has 4 aromatic rings. The molecule has 0 radical (unpaired) electrons. The fourth-order valence-electron chi connectivity index (χ4n) is 5.42. The largest absolute Gasteiger partial charge is 0.397 e. The molecule has 1 saturated heterocycles. The molecule has 3 atom stereocenters. The minimum Gasteiger partial charge on any atom is -0.397 e. The normalized spacial score (nSPS) is 17.7. The molecule has 47 heavy (non-hydrogen) atoms. The van der Waals surface area contributed by atoms with E-state index in [1.807, 2.05) is 60.7 Å². The maximum atomic E-state index is 12.6. The van der Waals surface area contributed by atoms with Gasteiger partial charge in [-0.3, -0.25) is 9.59 Å². The number of aromatic nitrogens is 2. The van der Waals surface area contributed by atoms with Crippen LogP contribution in [0.15, 0.2) is 79.1 Å². The van der Waals surface area contributed by atoms with E-state index < -0.39 is 6.29 Å². The third-order valence-corrected chi connectivity index (χ3v) is 8.78. The molecule has 5 rings (SSSR count). The quantitative estimate of drug-likeness (QED) is 0.0802. The molecule has 5 N–H and O–H groups in total. The van der Waals surface area contributed by atoms with E-state index in [0.717, 1.165) is 42.4 Å². The Morgan fingerprint density at radius 1 is 0.872 bits per heavy atom. The lowest BCUT2D eigenvalue weighted by Crippen LogP contribution is -2.32. The molecule has 0 bridgehead atoms. The number of nitrogens with one attached hydrogen (secondary N) is 2. The number of aliphatic hydroxyl groups excluding tert-OH is 1. The van der Waals surface area contributed by atoms with Crippen LogP contribution < -0.4 is 16.4 Å². The van der Waals surface area contributed by atoms with Crippen LogP contribution in [0.2, 0.25) is 10.3 Å². The molecular weight excluding hydrogens is 641 g/mol. The molecule has 2 amide bonds. The molecular formula is C35H39Cl2N5O5. The highest BCUT2D eigenvalue weighted by atomic mass is 35.5. The summed E-state index contributed by atoms with van der Waals surface area (Å²) in [5.41, 5.74) is 10.3. The molecule has 1 aliphatic rings. The Balaban J connectivity index is 1.10. The highest BCUT2D eigenvalue weighted by Gasteiger charge is 2.33. The van der Waals surface area contributed by atoms with Gasteiger partial charge in [0.25, 0.3) is 0 Å².